The molecule has 2 nitrogen and oxygen atoms in total. The number of nitrogens with zero attached hydrogens (tertiary/aromatic N) is 2. The third-order valence-corrected chi connectivity index (χ3v) is 6.30. The number of benzene rings is 3. The van der Waals surface area contributed by atoms with Gasteiger partial charge in [0, 0.05) is 26.0 Å². The summed E-state index contributed by atoms with van der Waals surface area (Å²) in [6.07, 6.45) is 3.67. The first-order chi connectivity index (χ1) is 12.3. The zero-order valence-corrected chi connectivity index (χ0v) is 14.4. The molecule has 1 aromatic heterocycles. The van der Waals surface area contributed by atoms with Crippen LogP contribution in [-0.4, -0.2) is 9.55 Å². The fourth-order valence-electron chi connectivity index (χ4n) is 2.82. The van der Waals surface area contributed by atoms with Crippen LogP contribution in [0.2, 0.25) is 0 Å². The van der Waals surface area contributed by atoms with Gasteiger partial charge in [-0.15, -0.1) is 0 Å². The summed E-state index contributed by atoms with van der Waals surface area (Å²) in [6.45, 7) is 0. The molecule has 0 saturated carbocycles. The van der Waals surface area contributed by atoms with Crippen molar-refractivity contribution in [3.63, 3.8) is 0 Å². The van der Waals surface area contributed by atoms with Crippen LogP contribution in [0.3, 0.4) is 0 Å². The molecule has 0 saturated heterocycles. The normalized spacial score (nSPS) is 11.0. The first-order valence-electron chi connectivity index (χ1n) is 8.02. The van der Waals surface area contributed by atoms with E-state index in [0.29, 0.717) is 0 Å². The molecule has 0 radical (unpaired) electrons. The maximum Gasteiger partial charge on any atom is 0.145 e. The van der Waals surface area contributed by atoms with E-state index in [0.717, 1.165) is 11.3 Å². The van der Waals surface area contributed by atoms with E-state index in [2.05, 4.69) is 29.2 Å². The first kappa shape index (κ1) is 15.7. The van der Waals surface area contributed by atoms with Crippen LogP contribution in [0.15, 0.2) is 97.3 Å². The van der Waals surface area contributed by atoms with Gasteiger partial charge in [-0.25, -0.2) is 9.37 Å². The summed E-state index contributed by atoms with van der Waals surface area (Å²) in [5.74, 6) is -0.249. The zero-order chi connectivity index (χ0) is 17.1. The Morgan fingerprint density at radius 2 is 1.40 bits per heavy atom. The van der Waals surface area contributed by atoms with Crippen LogP contribution >= 0.6 is 7.92 Å². The Hall–Kier alpha value is -2.77. The Bertz CT molecular complexity index is 928. The molecule has 0 atom stereocenters. The van der Waals surface area contributed by atoms with Crippen molar-refractivity contribution >= 4 is 24.1 Å². The molecule has 4 aromatic rings. The highest BCUT2D eigenvalue weighted by atomic mass is 31.1. The van der Waals surface area contributed by atoms with E-state index >= 15 is 0 Å². The number of hydrogen-bond donors (Lipinski definition) is 0. The van der Waals surface area contributed by atoms with Gasteiger partial charge in [0.15, 0.2) is 0 Å². The van der Waals surface area contributed by atoms with Crippen molar-refractivity contribution in [1.29, 1.82) is 0 Å². The molecule has 3 aromatic carbocycles. The van der Waals surface area contributed by atoms with Crippen LogP contribution < -0.4 is 16.2 Å². The van der Waals surface area contributed by atoms with E-state index < -0.39 is 7.92 Å². The molecular formula is C21H16FN2P. The zero-order valence-electron chi connectivity index (χ0n) is 13.5. The maximum atomic E-state index is 13.7. The summed E-state index contributed by atoms with van der Waals surface area (Å²) in [7, 11) is -0.834. The second-order valence-electron chi connectivity index (χ2n) is 5.58. The van der Waals surface area contributed by atoms with Gasteiger partial charge in [0.2, 0.25) is 0 Å². The highest BCUT2D eigenvalue weighted by molar-refractivity contribution is 7.79. The number of hydrogen-bond acceptors (Lipinski definition) is 1. The van der Waals surface area contributed by atoms with Gasteiger partial charge in [-0.05, 0) is 28.8 Å². The minimum atomic E-state index is -0.834. The lowest BCUT2D eigenvalue weighted by Crippen LogP contribution is -2.27. The minimum Gasteiger partial charge on any atom is -0.299 e. The molecule has 4 heteroatoms. The van der Waals surface area contributed by atoms with Crippen LogP contribution in [0.25, 0.3) is 5.69 Å². The Morgan fingerprint density at radius 1 is 0.760 bits per heavy atom. The van der Waals surface area contributed by atoms with Crippen molar-refractivity contribution in [3.8, 4) is 5.69 Å². The summed E-state index contributed by atoms with van der Waals surface area (Å²) in [4.78, 5) is 4.64. The van der Waals surface area contributed by atoms with Gasteiger partial charge in [0.05, 0.1) is 0 Å². The van der Waals surface area contributed by atoms with E-state index in [9.17, 15) is 4.39 Å². The van der Waals surface area contributed by atoms with Crippen LogP contribution in [0.4, 0.5) is 4.39 Å². The standard InChI is InChI=1S/C21H16FN2P/c22-17-8-7-9-18(16-17)24-15-14-23-21(24)25(19-10-3-1-4-11-19)20-12-5-2-6-13-20/h1-16H. The van der Waals surface area contributed by atoms with Crippen molar-refractivity contribution in [2.24, 2.45) is 0 Å². The van der Waals surface area contributed by atoms with Gasteiger partial charge in [-0.1, -0.05) is 66.7 Å². The third kappa shape index (κ3) is 3.24. The van der Waals surface area contributed by atoms with Crippen LogP contribution in [0, 0.1) is 5.82 Å². The average Bonchev–Trinajstić information content (AvgIpc) is 3.13. The first-order valence-corrected chi connectivity index (χ1v) is 9.36. The highest BCUT2D eigenvalue weighted by Crippen LogP contribution is 2.32. The predicted molar refractivity (Wildman–Crippen MR) is 102 cm³/mol. The molecule has 0 amide bonds. The number of imidazole rings is 1. The minimum absolute atomic E-state index is 0.249. The van der Waals surface area contributed by atoms with Crippen LogP contribution in [0.5, 0.6) is 0 Å². The third-order valence-electron chi connectivity index (χ3n) is 3.94. The van der Waals surface area contributed by atoms with Gasteiger partial charge in [-0.3, -0.25) is 4.57 Å². The molecule has 4 rings (SSSR count). The van der Waals surface area contributed by atoms with Crippen LogP contribution in [-0.2, 0) is 0 Å². The quantitative estimate of drug-likeness (QED) is 0.515. The molecule has 0 spiro atoms. The fraction of sp³-hybridized carbons (Fsp3) is 0. The van der Waals surface area contributed by atoms with Crippen LogP contribution in [0.1, 0.15) is 0 Å². The summed E-state index contributed by atoms with van der Waals surface area (Å²) in [6, 6.07) is 27.3. The topological polar surface area (TPSA) is 17.8 Å². The lowest BCUT2D eigenvalue weighted by atomic mass is 10.3. The van der Waals surface area contributed by atoms with Gasteiger partial charge in [0.1, 0.15) is 11.4 Å². The molecule has 0 aliphatic rings. The van der Waals surface area contributed by atoms with E-state index in [1.165, 1.54) is 22.7 Å². The molecule has 0 unspecified atom stereocenters. The second-order valence-corrected chi connectivity index (χ2v) is 7.69. The Kier molecular flexibility index (Phi) is 4.41. The van der Waals surface area contributed by atoms with Gasteiger partial charge >= 0.3 is 0 Å². The Morgan fingerprint density at radius 3 is 2.00 bits per heavy atom. The molecule has 0 bridgehead atoms. The number of halogens is 1. The van der Waals surface area contributed by atoms with Gasteiger partial charge < -0.3 is 0 Å². The predicted octanol–water partition coefficient (Wildman–Crippen LogP) is 3.77. The van der Waals surface area contributed by atoms with Gasteiger partial charge in [0.25, 0.3) is 0 Å². The van der Waals surface area contributed by atoms with E-state index in [1.54, 1.807) is 12.3 Å². The summed E-state index contributed by atoms with van der Waals surface area (Å²) >= 11 is 0. The summed E-state index contributed by atoms with van der Waals surface area (Å²) in [5, 5.41) is 2.43. The summed E-state index contributed by atoms with van der Waals surface area (Å²) in [5.41, 5.74) is 1.71. The van der Waals surface area contributed by atoms with Crippen molar-refractivity contribution in [2.75, 3.05) is 0 Å². The SMILES string of the molecule is Fc1cccc(-n2ccnc2P(c2ccccc2)c2ccccc2)c1. The maximum absolute atomic E-state index is 13.7. The van der Waals surface area contributed by atoms with Gasteiger partial charge in [-0.2, -0.15) is 0 Å². The fourth-order valence-corrected chi connectivity index (χ4v) is 5.10. The molecule has 0 N–H and O–H groups in total. The smallest absolute Gasteiger partial charge is 0.145 e. The monoisotopic (exact) mass is 346 g/mol. The van der Waals surface area contributed by atoms with Crippen molar-refractivity contribution in [1.82, 2.24) is 9.55 Å². The van der Waals surface area contributed by atoms with E-state index in [1.807, 2.05) is 53.2 Å². The molecule has 0 aliphatic carbocycles. The summed E-state index contributed by atoms with van der Waals surface area (Å²) < 4.78 is 15.7. The highest BCUT2D eigenvalue weighted by Gasteiger charge is 2.21. The lowest BCUT2D eigenvalue weighted by molar-refractivity contribution is 0.627. The van der Waals surface area contributed by atoms with E-state index in [-0.39, 0.29) is 5.82 Å². The van der Waals surface area contributed by atoms with Crippen molar-refractivity contribution < 1.29 is 4.39 Å². The van der Waals surface area contributed by atoms with E-state index in [4.69, 9.17) is 0 Å². The second kappa shape index (κ2) is 7.00. The molecule has 122 valence electrons. The number of aromatic nitrogens is 2. The van der Waals surface area contributed by atoms with Crippen molar-refractivity contribution in [3.05, 3.63) is 103 Å². The largest absolute Gasteiger partial charge is 0.299 e. The molecule has 25 heavy (non-hydrogen) atoms. The molecule has 0 aliphatic heterocycles. The lowest BCUT2D eigenvalue weighted by Gasteiger charge is -2.19. The Balaban J connectivity index is 1.89. The molecule has 1 heterocycles. The molecule has 0 fully saturated rings. The van der Waals surface area contributed by atoms with Crippen molar-refractivity contribution in [2.45, 2.75) is 0 Å². The number of rotatable bonds is 4. The molecular weight excluding hydrogens is 330 g/mol. The average molecular weight is 346 g/mol. The Labute approximate surface area is 147 Å².